The second-order valence-corrected chi connectivity index (χ2v) is 6.73. The highest BCUT2D eigenvalue weighted by Crippen LogP contribution is 2.38. The second-order valence-electron chi connectivity index (χ2n) is 6.35. The number of alkyl halides is 1. The van der Waals surface area contributed by atoms with Crippen molar-refractivity contribution in [3.63, 3.8) is 0 Å². The van der Waals surface area contributed by atoms with Crippen molar-refractivity contribution in [2.24, 2.45) is 0 Å². The van der Waals surface area contributed by atoms with E-state index in [4.69, 9.17) is 16.6 Å². The van der Waals surface area contributed by atoms with Crippen molar-refractivity contribution < 1.29 is 0 Å². The first kappa shape index (κ1) is 13.9. The average Bonchev–Trinajstić information content (AvgIpc) is 2.77. The van der Waals surface area contributed by atoms with E-state index in [0.717, 1.165) is 17.8 Å². The molecule has 0 bridgehead atoms. The molecule has 20 heavy (non-hydrogen) atoms. The molecule has 0 saturated heterocycles. The number of aromatic nitrogens is 2. The van der Waals surface area contributed by atoms with Crippen LogP contribution >= 0.6 is 11.6 Å². The Bertz CT molecular complexity index is 609. The minimum absolute atomic E-state index is 0.212. The fourth-order valence-electron chi connectivity index (χ4n) is 3.63. The molecule has 1 aliphatic rings. The molecule has 0 amide bonds. The van der Waals surface area contributed by atoms with E-state index in [1.807, 2.05) is 0 Å². The van der Waals surface area contributed by atoms with Gasteiger partial charge in [-0.2, -0.15) is 0 Å². The second kappa shape index (κ2) is 5.40. The van der Waals surface area contributed by atoms with Crippen molar-refractivity contribution in [2.45, 2.75) is 57.9 Å². The van der Waals surface area contributed by atoms with Crippen LogP contribution in [0.4, 0.5) is 0 Å². The van der Waals surface area contributed by atoms with Crippen LogP contribution in [0.5, 0.6) is 0 Å². The number of hydrogen-bond acceptors (Lipinski definition) is 1. The van der Waals surface area contributed by atoms with Crippen molar-refractivity contribution in [1.82, 2.24) is 9.55 Å². The van der Waals surface area contributed by atoms with Crippen LogP contribution in [0.1, 0.15) is 50.4 Å². The lowest BCUT2D eigenvalue weighted by Gasteiger charge is -2.37. The van der Waals surface area contributed by atoms with Crippen LogP contribution in [0, 0.1) is 6.92 Å². The van der Waals surface area contributed by atoms with Gasteiger partial charge in [-0.1, -0.05) is 25.3 Å². The molecular formula is C17H23ClN2. The molecule has 0 atom stereocenters. The molecule has 1 heterocycles. The highest BCUT2D eigenvalue weighted by molar-refractivity contribution is 6.17. The van der Waals surface area contributed by atoms with Gasteiger partial charge in [0.1, 0.15) is 5.82 Å². The molecule has 1 aliphatic carbocycles. The minimum Gasteiger partial charge on any atom is -0.322 e. The normalized spacial score (nSPS) is 18.6. The zero-order chi connectivity index (χ0) is 14.2. The van der Waals surface area contributed by atoms with Gasteiger partial charge in [-0.05, 0) is 44.4 Å². The fraction of sp³-hybridized carbons (Fsp3) is 0.588. The van der Waals surface area contributed by atoms with Crippen molar-refractivity contribution >= 4 is 22.6 Å². The number of rotatable bonds is 3. The van der Waals surface area contributed by atoms with Crippen LogP contribution < -0.4 is 0 Å². The maximum Gasteiger partial charge on any atom is 0.111 e. The number of benzene rings is 1. The highest BCUT2D eigenvalue weighted by atomic mass is 35.5. The number of fused-ring (bicyclic) bond motifs is 1. The average molecular weight is 291 g/mol. The highest BCUT2D eigenvalue weighted by Gasteiger charge is 2.32. The van der Waals surface area contributed by atoms with E-state index < -0.39 is 0 Å². The Kier molecular flexibility index (Phi) is 3.76. The van der Waals surface area contributed by atoms with Gasteiger partial charge < -0.3 is 4.57 Å². The first-order valence-electron chi connectivity index (χ1n) is 7.68. The Balaban J connectivity index is 2.17. The molecule has 0 spiro atoms. The number of aryl methyl sites for hydroxylation is 2. The quantitative estimate of drug-likeness (QED) is 0.742. The summed E-state index contributed by atoms with van der Waals surface area (Å²) < 4.78 is 2.49. The molecule has 3 rings (SSSR count). The van der Waals surface area contributed by atoms with E-state index in [9.17, 15) is 0 Å². The largest absolute Gasteiger partial charge is 0.322 e. The smallest absolute Gasteiger partial charge is 0.111 e. The van der Waals surface area contributed by atoms with Crippen LogP contribution in [-0.2, 0) is 12.0 Å². The van der Waals surface area contributed by atoms with E-state index in [1.54, 1.807) is 0 Å². The third-order valence-electron chi connectivity index (χ3n) is 4.67. The van der Waals surface area contributed by atoms with E-state index in [2.05, 4.69) is 36.6 Å². The summed E-state index contributed by atoms with van der Waals surface area (Å²) in [6.45, 7) is 4.52. The zero-order valence-electron chi connectivity index (χ0n) is 12.5. The molecule has 1 saturated carbocycles. The van der Waals surface area contributed by atoms with Gasteiger partial charge in [0.15, 0.2) is 0 Å². The van der Waals surface area contributed by atoms with Gasteiger partial charge in [0.05, 0.1) is 11.0 Å². The maximum atomic E-state index is 6.00. The Morgan fingerprint density at radius 2 is 2.00 bits per heavy atom. The van der Waals surface area contributed by atoms with Crippen LogP contribution in [0.15, 0.2) is 18.2 Å². The van der Waals surface area contributed by atoms with Crippen LogP contribution in [0.3, 0.4) is 0 Å². The summed E-state index contributed by atoms with van der Waals surface area (Å²) in [4.78, 5) is 4.86. The SMILES string of the molecule is Cc1ccc2c(c1)nc(CCCl)n2C1(C)CCCCC1. The zero-order valence-corrected chi connectivity index (χ0v) is 13.2. The van der Waals surface area contributed by atoms with Gasteiger partial charge in [-0.25, -0.2) is 4.98 Å². The summed E-state index contributed by atoms with van der Waals surface area (Å²) in [6.07, 6.45) is 7.37. The molecule has 0 N–H and O–H groups in total. The van der Waals surface area contributed by atoms with E-state index >= 15 is 0 Å². The predicted octanol–water partition coefficient (Wildman–Crippen LogP) is 4.81. The van der Waals surface area contributed by atoms with Crippen molar-refractivity contribution in [3.8, 4) is 0 Å². The van der Waals surface area contributed by atoms with Gasteiger partial charge in [-0.15, -0.1) is 11.6 Å². The van der Waals surface area contributed by atoms with E-state index in [0.29, 0.717) is 5.88 Å². The summed E-state index contributed by atoms with van der Waals surface area (Å²) >= 11 is 6.00. The Labute approximate surface area is 126 Å². The number of hydrogen-bond donors (Lipinski definition) is 0. The molecular weight excluding hydrogens is 268 g/mol. The van der Waals surface area contributed by atoms with Gasteiger partial charge in [0.25, 0.3) is 0 Å². The fourth-order valence-corrected chi connectivity index (χ4v) is 3.80. The first-order chi connectivity index (χ1) is 9.64. The van der Waals surface area contributed by atoms with Crippen molar-refractivity contribution in [2.75, 3.05) is 5.88 Å². The summed E-state index contributed by atoms with van der Waals surface area (Å²) in [5.74, 6) is 1.79. The molecule has 2 aromatic rings. The molecule has 1 aromatic heterocycles. The Morgan fingerprint density at radius 3 is 2.70 bits per heavy atom. The number of imidazole rings is 1. The maximum absolute atomic E-state index is 6.00. The topological polar surface area (TPSA) is 17.8 Å². The van der Waals surface area contributed by atoms with Gasteiger partial charge >= 0.3 is 0 Å². The van der Waals surface area contributed by atoms with Gasteiger partial charge in [0, 0.05) is 17.8 Å². The molecule has 0 radical (unpaired) electrons. The summed E-state index contributed by atoms with van der Waals surface area (Å²) in [6, 6.07) is 6.61. The Morgan fingerprint density at radius 1 is 1.25 bits per heavy atom. The lowest BCUT2D eigenvalue weighted by atomic mass is 9.82. The standard InChI is InChI=1S/C17H23ClN2/c1-13-6-7-15-14(12-13)19-16(8-11-18)20(15)17(2)9-4-3-5-10-17/h6-7,12H,3-5,8-11H2,1-2H3. The third-order valence-corrected chi connectivity index (χ3v) is 4.86. The summed E-state index contributed by atoms with van der Waals surface area (Å²) in [5.41, 5.74) is 3.88. The van der Waals surface area contributed by atoms with Crippen molar-refractivity contribution in [3.05, 3.63) is 29.6 Å². The van der Waals surface area contributed by atoms with E-state index in [-0.39, 0.29) is 5.54 Å². The number of halogens is 1. The van der Waals surface area contributed by atoms with Gasteiger partial charge in [-0.3, -0.25) is 0 Å². The molecule has 3 heteroatoms. The molecule has 108 valence electrons. The molecule has 0 unspecified atom stereocenters. The van der Waals surface area contributed by atoms with Gasteiger partial charge in [0.2, 0.25) is 0 Å². The molecule has 1 aromatic carbocycles. The predicted molar refractivity (Wildman–Crippen MR) is 85.6 cm³/mol. The van der Waals surface area contributed by atoms with Crippen LogP contribution in [-0.4, -0.2) is 15.4 Å². The van der Waals surface area contributed by atoms with Crippen LogP contribution in [0.2, 0.25) is 0 Å². The lowest BCUT2D eigenvalue weighted by Crippen LogP contribution is -2.34. The monoisotopic (exact) mass is 290 g/mol. The Hall–Kier alpha value is -1.02. The number of nitrogens with zero attached hydrogens (tertiary/aromatic N) is 2. The summed E-state index contributed by atoms with van der Waals surface area (Å²) in [7, 11) is 0. The molecule has 0 aliphatic heterocycles. The lowest BCUT2D eigenvalue weighted by molar-refractivity contribution is 0.219. The third kappa shape index (κ3) is 2.35. The van der Waals surface area contributed by atoms with Crippen molar-refractivity contribution in [1.29, 1.82) is 0 Å². The van der Waals surface area contributed by atoms with E-state index in [1.165, 1.54) is 43.2 Å². The molecule has 2 nitrogen and oxygen atoms in total. The minimum atomic E-state index is 0.212. The molecule has 1 fully saturated rings. The van der Waals surface area contributed by atoms with Crippen LogP contribution in [0.25, 0.3) is 11.0 Å². The first-order valence-corrected chi connectivity index (χ1v) is 8.22. The summed E-state index contributed by atoms with van der Waals surface area (Å²) in [5, 5.41) is 0.